The third kappa shape index (κ3) is 8.84. The van der Waals surface area contributed by atoms with Crippen LogP contribution in [-0.2, 0) is 4.43 Å². The molecular weight excluding hydrogens is 475 g/mol. The SMILES string of the molecule is C/C=C(\C)C[C@H](C)[C@@H](O[Si](C)(C)C(C)(C)C)[C@H](C)[C@@H](O)[C@H](C)/C=C(C)/C=C/I. The lowest BCUT2D eigenvalue weighted by molar-refractivity contribution is -0.0134. The topological polar surface area (TPSA) is 29.5 Å². The molecule has 0 radical (unpaired) electrons. The Labute approximate surface area is 190 Å². The molecule has 0 fully saturated rings. The summed E-state index contributed by atoms with van der Waals surface area (Å²) in [7, 11) is -1.94. The number of aliphatic hydroxyl groups excluding tert-OH is 1. The second-order valence-electron chi connectivity index (χ2n) is 10.1. The predicted molar refractivity (Wildman–Crippen MR) is 137 cm³/mol. The van der Waals surface area contributed by atoms with Gasteiger partial charge in [-0.3, -0.25) is 0 Å². The Bertz CT molecular complexity index is 557. The first-order valence-corrected chi connectivity index (χ1v) is 14.8. The van der Waals surface area contributed by atoms with Gasteiger partial charge in [-0.2, -0.15) is 0 Å². The smallest absolute Gasteiger partial charge is 0.192 e. The van der Waals surface area contributed by atoms with Gasteiger partial charge in [-0.05, 0) is 55.3 Å². The van der Waals surface area contributed by atoms with Crippen molar-refractivity contribution in [2.24, 2.45) is 17.8 Å². The molecule has 0 unspecified atom stereocenters. The lowest BCUT2D eigenvalue weighted by Crippen LogP contribution is -2.49. The number of allylic oxidation sites excluding steroid dienone is 4. The minimum Gasteiger partial charge on any atom is -0.413 e. The van der Waals surface area contributed by atoms with Gasteiger partial charge >= 0.3 is 0 Å². The fraction of sp³-hybridized carbons (Fsp3) is 0.750. The van der Waals surface area contributed by atoms with Crippen LogP contribution in [0.25, 0.3) is 0 Å². The van der Waals surface area contributed by atoms with Gasteiger partial charge < -0.3 is 9.53 Å². The minimum absolute atomic E-state index is 0.0436. The number of aliphatic hydroxyl groups is 1. The Hall–Kier alpha value is 0.0869. The fourth-order valence-electron chi connectivity index (χ4n) is 3.34. The van der Waals surface area contributed by atoms with E-state index >= 15 is 0 Å². The lowest BCUT2D eigenvalue weighted by atomic mass is 9.82. The molecule has 5 atom stereocenters. The first-order valence-electron chi connectivity index (χ1n) is 10.6. The number of rotatable bonds is 10. The number of hydrogen-bond donors (Lipinski definition) is 1. The molecule has 0 aliphatic heterocycles. The summed E-state index contributed by atoms with van der Waals surface area (Å²) in [6.07, 6.45) is 7.06. The highest BCUT2D eigenvalue weighted by atomic mass is 127. The van der Waals surface area contributed by atoms with E-state index in [1.165, 1.54) is 11.1 Å². The maximum absolute atomic E-state index is 11.2. The Morgan fingerprint density at radius 3 is 2.11 bits per heavy atom. The van der Waals surface area contributed by atoms with Gasteiger partial charge in [0.25, 0.3) is 0 Å². The van der Waals surface area contributed by atoms with E-state index < -0.39 is 14.4 Å². The van der Waals surface area contributed by atoms with Gasteiger partial charge in [0.15, 0.2) is 8.32 Å². The van der Waals surface area contributed by atoms with Gasteiger partial charge in [0, 0.05) is 11.8 Å². The van der Waals surface area contributed by atoms with E-state index in [2.05, 4.69) is 116 Å². The van der Waals surface area contributed by atoms with E-state index in [4.69, 9.17) is 4.43 Å². The van der Waals surface area contributed by atoms with Gasteiger partial charge in [0.05, 0.1) is 12.2 Å². The minimum atomic E-state index is -1.94. The molecule has 0 heterocycles. The lowest BCUT2D eigenvalue weighted by Gasteiger charge is -2.44. The molecule has 0 aliphatic carbocycles. The standard InChI is InChI=1S/C24H45IO2Si/c1-12-17(2)15-20(5)23(27-28(10,11)24(7,8)9)21(6)22(26)19(4)16-18(3)13-14-25/h12-14,16,19-23,26H,15H2,1-11H3/b14-13+,17-12+,18-16+/t19-,20+,21-,22+,23-/m1/s1. The molecule has 4 heteroatoms. The van der Waals surface area contributed by atoms with Gasteiger partial charge in [0.2, 0.25) is 0 Å². The second kappa shape index (κ2) is 12.1. The molecule has 0 aromatic rings. The number of halogens is 1. The first-order chi connectivity index (χ1) is 12.7. The number of hydrogen-bond acceptors (Lipinski definition) is 2. The maximum atomic E-state index is 11.2. The molecule has 0 spiro atoms. The molecule has 0 bridgehead atoms. The van der Waals surface area contributed by atoms with Crippen molar-refractivity contribution in [1.29, 1.82) is 0 Å². The molecule has 0 amide bonds. The summed E-state index contributed by atoms with van der Waals surface area (Å²) in [6.45, 7) is 24.4. The van der Waals surface area contributed by atoms with Crippen LogP contribution in [-0.4, -0.2) is 25.6 Å². The van der Waals surface area contributed by atoms with Gasteiger partial charge in [-0.25, -0.2) is 0 Å². The van der Waals surface area contributed by atoms with E-state index in [-0.39, 0.29) is 23.0 Å². The molecule has 0 aliphatic rings. The van der Waals surface area contributed by atoms with Crippen LogP contribution in [0.5, 0.6) is 0 Å². The largest absolute Gasteiger partial charge is 0.413 e. The van der Waals surface area contributed by atoms with Crippen molar-refractivity contribution in [3.8, 4) is 0 Å². The molecule has 0 rings (SSSR count). The average molecular weight is 521 g/mol. The molecule has 0 aromatic carbocycles. The Morgan fingerprint density at radius 1 is 1.14 bits per heavy atom. The van der Waals surface area contributed by atoms with Gasteiger partial charge in [-0.1, -0.05) is 93.5 Å². The van der Waals surface area contributed by atoms with E-state index in [1.807, 2.05) is 4.08 Å². The molecular formula is C24H45IO2Si. The summed E-state index contributed by atoms with van der Waals surface area (Å²) in [6, 6.07) is 0. The van der Waals surface area contributed by atoms with Crippen LogP contribution in [0, 0.1) is 17.8 Å². The van der Waals surface area contributed by atoms with Gasteiger partial charge in [-0.15, -0.1) is 0 Å². The molecule has 1 N–H and O–H groups in total. The summed E-state index contributed by atoms with van der Waals surface area (Å²) in [4.78, 5) is 0. The molecule has 28 heavy (non-hydrogen) atoms. The van der Waals surface area contributed by atoms with Crippen LogP contribution < -0.4 is 0 Å². The molecule has 2 nitrogen and oxygen atoms in total. The normalized spacial score (nSPS) is 20.2. The second-order valence-corrected chi connectivity index (χ2v) is 15.5. The Kier molecular flexibility index (Phi) is 12.1. The predicted octanol–water partition coefficient (Wildman–Crippen LogP) is 7.90. The molecule has 0 saturated heterocycles. The van der Waals surface area contributed by atoms with Crippen molar-refractivity contribution in [3.05, 3.63) is 33.5 Å². The van der Waals surface area contributed by atoms with E-state index in [0.717, 1.165) is 6.42 Å². The van der Waals surface area contributed by atoms with Crippen molar-refractivity contribution in [2.45, 2.75) is 99.1 Å². The van der Waals surface area contributed by atoms with Crippen LogP contribution in [0.4, 0.5) is 0 Å². The quantitative estimate of drug-likeness (QED) is 0.137. The van der Waals surface area contributed by atoms with Crippen LogP contribution in [0.15, 0.2) is 33.5 Å². The third-order valence-corrected chi connectivity index (χ3v) is 11.2. The maximum Gasteiger partial charge on any atom is 0.192 e. The van der Waals surface area contributed by atoms with Crippen molar-refractivity contribution >= 4 is 30.9 Å². The molecule has 164 valence electrons. The summed E-state index contributed by atoms with van der Waals surface area (Å²) >= 11 is 2.23. The van der Waals surface area contributed by atoms with E-state index in [0.29, 0.717) is 5.92 Å². The molecule has 0 saturated carbocycles. The highest BCUT2D eigenvalue weighted by Crippen LogP contribution is 2.40. The van der Waals surface area contributed by atoms with Crippen LogP contribution in [0.1, 0.15) is 68.7 Å². The van der Waals surface area contributed by atoms with E-state index in [9.17, 15) is 5.11 Å². The summed E-state index contributed by atoms with van der Waals surface area (Å²) < 4.78 is 8.92. The van der Waals surface area contributed by atoms with Crippen molar-refractivity contribution < 1.29 is 9.53 Å². The Balaban J connectivity index is 5.73. The van der Waals surface area contributed by atoms with E-state index in [1.54, 1.807) is 0 Å². The van der Waals surface area contributed by atoms with Crippen molar-refractivity contribution in [1.82, 2.24) is 0 Å². The summed E-state index contributed by atoms with van der Waals surface area (Å²) in [5, 5.41) is 11.3. The fourth-order valence-corrected chi connectivity index (χ4v) is 5.39. The van der Waals surface area contributed by atoms with Crippen molar-refractivity contribution in [3.63, 3.8) is 0 Å². The van der Waals surface area contributed by atoms with Crippen LogP contribution in [0.2, 0.25) is 18.1 Å². The first kappa shape index (κ1) is 28.1. The van der Waals surface area contributed by atoms with Gasteiger partial charge in [0.1, 0.15) is 0 Å². The van der Waals surface area contributed by atoms with Crippen LogP contribution >= 0.6 is 22.6 Å². The molecule has 0 aromatic heterocycles. The average Bonchev–Trinajstić information content (AvgIpc) is 2.57. The zero-order valence-corrected chi connectivity index (χ0v) is 23.3. The zero-order chi connectivity index (χ0) is 22.3. The highest BCUT2D eigenvalue weighted by Gasteiger charge is 2.42. The monoisotopic (exact) mass is 520 g/mol. The Morgan fingerprint density at radius 2 is 1.68 bits per heavy atom. The highest BCUT2D eigenvalue weighted by molar-refractivity contribution is 14.1. The summed E-state index contributed by atoms with van der Waals surface area (Å²) in [5.41, 5.74) is 2.57. The van der Waals surface area contributed by atoms with Crippen molar-refractivity contribution in [2.75, 3.05) is 0 Å². The van der Waals surface area contributed by atoms with Crippen LogP contribution in [0.3, 0.4) is 0 Å². The third-order valence-electron chi connectivity index (χ3n) is 6.38. The zero-order valence-electron chi connectivity index (χ0n) is 20.1. The summed E-state index contributed by atoms with van der Waals surface area (Å²) in [5.74, 6) is 0.515.